The molecule has 0 unspecified atom stereocenters. The van der Waals surface area contributed by atoms with Crippen LogP contribution in [0.4, 0.5) is 0 Å². The van der Waals surface area contributed by atoms with Crippen molar-refractivity contribution in [1.82, 2.24) is 9.80 Å². The summed E-state index contributed by atoms with van der Waals surface area (Å²) in [4.78, 5) is 5.11. The summed E-state index contributed by atoms with van der Waals surface area (Å²) in [6.07, 6.45) is 0.374. The van der Waals surface area contributed by atoms with Gasteiger partial charge >= 0.3 is 0 Å². The van der Waals surface area contributed by atoms with E-state index in [2.05, 4.69) is 35.8 Å². The summed E-state index contributed by atoms with van der Waals surface area (Å²) in [5, 5.41) is 0. The molecule has 0 N–H and O–H groups in total. The van der Waals surface area contributed by atoms with Crippen molar-refractivity contribution in [2.24, 2.45) is 0 Å². The van der Waals surface area contributed by atoms with Gasteiger partial charge in [0.2, 0.25) is 0 Å². The van der Waals surface area contributed by atoms with Crippen molar-refractivity contribution in [2.75, 3.05) is 33.4 Å². The number of hydrogen-bond donors (Lipinski definition) is 0. The fourth-order valence-corrected chi connectivity index (χ4v) is 3.55. The molecule has 3 rings (SSSR count). The number of nitrogens with zero attached hydrogens (tertiary/aromatic N) is 2. The molecule has 0 saturated carbocycles. The predicted molar refractivity (Wildman–Crippen MR) is 83.6 cm³/mol. The normalized spacial score (nSPS) is 27.0. The molecular weight excluding hydrogens is 264 g/mol. The number of rotatable bonds is 4. The zero-order valence-corrected chi connectivity index (χ0v) is 13.3. The molecule has 2 saturated heterocycles. The third kappa shape index (κ3) is 3.23. The van der Waals surface area contributed by atoms with Gasteiger partial charge in [-0.2, -0.15) is 0 Å². The SMILES string of the molecule is COc1ccc(CN2C[C@@H]3OCCN(C(C)C)[C@@H]3C2)cc1. The van der Waals surface area contributed by atoms with Gasteiger partial charge in [-0.15, -0.1) is 0 Å². The number of likely N-dealkylation sites (tertiary alicyclic amines) is 1. The lowest BCUT2D eigenvalue weighted by Crippen LogP contribution is -2.53. The lowest BCUT2D eigenvalue weighted by molar-refractivity contribution is -0.0583. The van der Waals surface area contributed by atoms with Crippen LogP contribution in [0.3, 0.4) is 0 Å². The minimum atomic E-state index is 0.374. The van der Waals surface area contributed by atoms with E-state index in [0.717, 1.165) is 38.5 Å². The largest absolute Gasteiger partial charge is 0.497 e. The maximum atomic E-state index is 5.98. The molecule has 0 radical (unpaired) electrons. The zero-order valence-electron chi connectivity index (χ0n) is 13.3. The third-order valence-electron chi connectivity index (χ3n) is 4.65. The van der Waals surface area contributed by atoms with Gasteiger partial charge in [0, 0.05) is 32.2 Å². The van der Waals surface area contributed by atoms with Crippen molar-refractivity contribution in [1.29, 1.82) is 0 Å². The molecule has 116 valence electrons. The first kappa shape index (κ1) is 14.8. The number of benzene rings is 1. The second-order valence-corrected chi connectivity index (χ2v) is 6.35. The number of hydrogen-bond acceptors (Lipinski definition) is 4. The number of ether oxygens (including phenoxy) is 2. The Morgan fingerprint density at radius 1 is 1.24 bits per heavy atom. The van der Waals surface area contributed by atoms with Crippen LogP contribution in [0.25, 0.3) is 0 Å². The quantitative estimate of drug-likeness (QED) is 0.846. The summed E-state index contributed by atoms with van der Waals surface area (Å²) in [5.41, 5.74) is 1.34. The van der Waals surface area contributed by atoms with E-state index in [4.69, 9.17) is 9.47 Å². The van der Waals surface area contributed by atoms with Crippen LogP contribution in [-0.2, 0) is 11.3 Å². The maximum Gasteiger partial charge on any atom is 0.118 e. The van der Waals surface area contributed by atoms with E-state index in [1.807, 2.05) is 12.1 Å². The van der Waals surface area contributed by atoms with Crippen molar-refractivity contribution in [2.45, 2.75) is 38.6 Å². The van der Waals surface area contributed by atoms with Crippen LogP contribution in [0.2, 0.25) is 0 Å². The highest BCUT2D eigenvalue weighted by atomic mass is 16.5. The highest BCUT2D eigenvalue weighted by molar-refractivity contribution is 5.27. The fourth-order valence-electron chi connectivity index (χ4n) is 3.55. The summed E-state index contributed by atoms with van der Waals surface area (Å²) < 4.78 is 11.2. The van der Waals surface area contributed by atoms with E-state index in [1.54, 1.807) is 7.11 Å². The smallest absolute Gasteiger partial charge is 0.118 e. The van der Waals surface area contributed by atoms with Gasteiger partial charge < -0.3 is 9.47 Å². The van der Waals surface area contributed by atoms with E-state index in [9.17, 15) is 0 Å². The molecule has 21 heavy (non-hydrogen) atoms. The van der Waals surface area contributed by atoms with E-state index >= 15 is 0 Å². The molecule has 4 heteroatoms. The van der Waals surface area contributed by atoms with Gasteiger partial charge in [-0.3, -0.25) is 9.80 Å². The molecule has 1 aromatic rings. The van der Waals surface area contributed by atoms with Crippen LogP contribution >= 0.6 is 0 Å². The van der Waals surface area contributed by atoms with Gasteiger partial charge in [0.1, 0.15) is 5.75 Å². The second kappa shape index (κ2) is 6.34. The van der Waals surface area contributed by atoms with Crippen LogP contribution in [0, 0.1) is 0 Å². The van der Waals surface area contributed by atoms with E-state index in [1.165, 1.54) is 5.56 Å². The molecule has 0 spiro atoms. The first-order valence-electron chi connectivity index (χ1n) is 7.90. The molecule has 2 atom stereocenters. The molecule has 0 bridgehead atoms. The molecule has 2 aliphatic rings. The number of fused-ring (bicyclic) bond motifs is 1. The summed E-state index contributed by atoms with van der Waals surface area (Å²) >= 11 is 0. The van der Waals surface area contributed by atoms with Crippen LogP contribution < -0.4 is 4.74 Å². The maximum absolute atomic E-state index is 5.98. The predicted octanol–water partition coefficient (Wildman–Crippen LogP) is 1.99. The Morgan fingerprint density at radius 3 is 2.67 bits per heavy atom. The topological polar surface area (TPSA) is 24.9 Å². The fraction of sp³-hybridized carbons (Fsp3) is 0.647. The zero-order chi connectivity index (χ0) is 14.8. The molecule has 2 fully saturated rings. The molecule has 0 amide bonds. The van der Waals surface area contributed by atoms with Crippen molar-refractivity contribution in [3.8, 4) is 5.75 Å². The van der Waals surface area contributed by atoms with Gasteiger partial charge in [-0.1, -0.05) is 12.1 Å². The van der Waals surface area contributed by atoms with Gasteiger partial charge in [0.15, 0.2) is 0 Å². The Labute approximate surface area is 127 Å². The van der Waals surface area contributed by atoms with Crippen LogP contribution in [0.1, 0.15) is 19.4 Å². The number of methoxy groups -OCH3 is 1. The van der Waals surface area contributed by atoms with Crippen LogP contribution in [-0.4, -0.2) is 61.3 Å². The first-order valence-corrected chi connectivity index (χ1v) is 7.90. The molecule has 0 aliphatic carbocycles. The van der Waals surface area contributed by atoms with E-state index in [0.29, 0.717) is 18.2 Å². The summed E-state index contributed by atoms with van der Waals surface area (Å²) in [5.74, 6) is 0.920. The molecule has 1 aromatic carbocycles. The average molecular weight is 290 g/mol. The Bertz CT molecular complexity index is 460. The van der Waals surface area contributed by atoms with E-state index < -0.39 is 0 Å². The highest BCUT2D eigenvalue weighted by Gasteiger charge is 2.40. The first-order chi connectivity index (χ1) is 10.2. The summed E-state index contributed by atoms with van der Waals surface area (Å²) in [7, 11) is 1.71. The van der Waals surface area contributed by atoms with Crippen molar-refractivity contribution >= 4 is 0 Å². The van der Waals surface area contributed by atoms with Crippen molar-refractivity contribution in [3.63, 3.8) is 0 Å². The lowest BCUT2D eigenvalue weighted by atomic mass is 10.1. The average Bonchev–Trinajstić information content (AvgIpc) is 2.89. The molecule has 2 heterocycles. The standard InChI is InChI=1S/C17H26N2O2/c1-13(2)19-8-9-21-17-12-18(11-16(17)19)10-14-4-6-15(20-3)7-5-14/h4-7,13,16-17H,8-12H2,1-3H3/t16-,17+/m1/s1. The van der Waals surface area contributed by atoms with Crippen molar-refractivity contribution in [3.05, 3.63) is 29.8 Å². The molecular formula is C17H26N2O2. The minimum absolute atomic E-state index is 0.374. The van der Waals surface area contributed by atoms with E-state index in [-0.39, 0.29) is 0 Å². The second-order valence-electron chi connectivity index (χ2n) is 6.35. The van der Waals surface area contributed by atoms with Gasteiger partial charge in [0.05, 0.1) is 25.9 Å². The monoisotopic (exact) mass is 290 g/mol. The van der Waals surface area contributed by atoms with Gasteiger partial charge in [-0.05, 0) is 31.5 Å². The summed E-state index contributed by atoms with van der Waals surface area (Å²) in [6.45, 7) is 9.65. The Balaban J connectivity index is 1.63. The van der Waals surface area contributed by atoms with Crippen molar-refractivity contribution < 1.29 is 9.47 Å². The van der Waals surface area contributed by atoms with Crippen LogP contribution in [0.15, 0.2) is 24.3 Å². The summed E-state index contributed by atoms with van der Waals surface area (Å²) in [6, 6.07) is 9.54. The minimum Gasteiger partial charge on any atom is -0.497 e. The Hall–Kier alpha value is -1.10. The number of morpholine rings is 1. The van der Waals surface area contributed by atoms with Gasteiger partial charge in [0.25, 0.3) is 0 Å². The molecule has 0 aromatic heterocycles. The third-order valence-corrected chi connectivity index (χ3v) is 4.65. The Morgan fingerprint density at radius 2 is 2.00 bits per heavy atom. The molecule has 4 nitrogen and oxygen atoms in total. The lowest BCUT2D eigenvalue weighted by Gasteiger charge is -2.39. The van der Waals surface area contributed by atoms with Crippen LogP contribution in [0.5, 0.6) is 5.75 Å². The highest BCUT2D eigenvalue weighted by Crippen LogP contribution is 2.26. The van der Waals surface area contributed by atoms with Gasteiger partial charge in [-0.25, -0.2) is 0 Å². The Kier molecular flexibility index (Phi) is 4.48. The molecule has 2 aliphatic heterocycles.